The van der Waals surface area contributed by atoms with Gasteiger partial charge in [0, 0.05) is 12.8 Å². The summed E-state index contributed by atoms with van der Waals surface area (Å²) in [4.78, 5) is 0. The van der Waals surface area contributed by atoms with Crippen molar-refractivity contribution in [2.24, 2.45) is 0 Å². The van der Waals surface area contributed by atoms with Crippen LogP contribution < -0.4 is 0 Å². The molecule has 1 rings (SSSR count). The van der Waals surface area contributed by atoms with Crippen LogP contribution in [0.25, 0.3) is 0 Å². The van der Waals surface area contributed by atoms with Gasteiger partial charge < -0.3 is 9.04 Å². The van der Waals surface area contributed by atoms with Gasteiger partial charge in [-0.15, -0.1) is 0 Å². The molecule has 1 aliphatic rings. The summed E-state index contributed by atoms with van der Waals surface area (Å²) in [6.07, 6.45) is 17.5. The summed E-state index contributed by atoms with van der Waals surface area (Å²) in [5.74, 6) is 0. The van der Waals surface area contributed by atoms with Crippen molar-refractivity contribution in [3.63, 3.8) is 0 Å². The van der Waals surface area contributed by atoms with Gasteiger partial charge in [0.05, 0.1) is 26.2 Å². The Morgan fingerprint density at radius 1 is 0.778 bits per heavy atom. The van der Waals surface area contributed by atoms with E-state index in [0.717, 1.165) is 0 Å². The van der Waals surface area contributed by atoms with Gasteiger partial charge in [0.15, 0.2) is 10.1 Å². The predicted molar refractivity (Wildman–Crippen MR) is 102 cm³/mol. The summed E-state index contributed by atoms with van der Waals surface area (Å²) in [6.45, 7) is 10.6. The number of hydrogen-bond acceptors (Lipinski definition) is 3. The lowest BCUT2D eigenvalue weighted by molar-refractivity contribution is -0.917. The highest BCUT2D eigenvalue weighted by Crippen LogP contribution is 2.23. The first-order valence-corrected chi connectivity index (χ1v) is 11.9. The highest BCUT2D eigenvalue weighted by molar-refractivity contribution is 7.86. The molecule has 1 fully saturated rings. The second-order valence-electron chi connectivity index (χ2n) is 7.67. The van der Waals surface area contributed by atoms with Gasteiger partial charge in [0.2, 0.25) is 0 Å². The molecule has 0 aromatic heterocycles. The molecule has 0 bridgehead atoms. The zero-order valence-electron chi connectivity index (χ0n) is 17.0. The summed E-state index contributed by atoms with van der Waals surface area (Å²) in [6, 6.07) is 0. The molecule has 0 saturated carbocycles. The number of unbranched alkanes of at least 4 members (excludes halogenated alkanes) is 8. The quantitative estimate of drug-likeness (QED) is 0.180. The van der Waals surface area contributed by atoms with Crippen molar-refractivity contribution in [3.05, 3.63) is 0 Å². The Labute approximate surface area is 163 Å². The molecule has 27 heavy (non-hydrogen) atoms. The van der Waals surface area contributed by atoms with Crippen LogP contribution in [0, 0.1) is 0 Å². The van der Waals surface area contributed by atoms with Crippen LogP contribution >= 0.6 is 0 Å². The minimum absolute atomic E-state index is 1.37. The molecule has 0 N–H and O–H groups in total. The number of rotatable bonds is 12. The fraction of sp³-hybridized carbons (Fsp3) is 1.00. The lowest BCUT2D eigenvalue weighted by atomic mass is 10.1. The Hall–Kier alpha value is -0.340. The van der Waals surface area contributed by atoms with Gasteiger partial charge in [-0.05, 0) is 25.7 Å². The minimum atomic E-state index is -6.09. The Morgan fingerprint density at radius 3 is 1.41 bits per heavy atom. The number of likely N-dealkylation sites (tertiary alicyclic amines) is 1. The summed E-state index contributed by atoms with van der Waals surface area (Å²) in [7, 11) is -6.09. The van der Waals surface area contributed by atoms with Crippen LogP contribution in [0.1, 0.15) is 90.9 Å². The maximum absolute atomic E-state index is 10.7. The second-order valence-corrected chi connectivity index (χ2v) is 9.04. The minimum Gasteiger partial charge on any atom is -0.741 e. The molecule has 164 valence electrons. The van der Waals surface area contributed by atoms with Crippen LogP contribution in [-0.4, -0.2) is 49.1 Å². The lowest BCUT2D eigenvalue weighted by Gasteiger charge is -2.34. The number of hydrogen-bond donors (Lipinski definition) is 0. The first-order chi connectivity index (χ1) is 12.6. The van der Waals surface area contributed by atoms with E-state index in [0.29, 0.717) is 0 Å². The number of halogens is 3. The highest BCUT2D eigenvalue weighted by Gasteiger charge is 2.37. The normalized spacial score (nSPS) is 16.8. The maximum Gasteiger partial charge on any atom is 0.485 e. The van der Waals surface area contributed by atoms with Crippen LogP contribution in [0.3, 0.4) is 0 Å². The lowest BCUT2D eigenvalue weighted by Crippen LogP contribution is -2.46. The topological polar surface area (TPSA) is 57.2 Å². The van der Waals surface area contributed by atoms with Crippen molar-refractivity contribution in [2.45, 2.75) is 96.4 Å². The molecule has 0 unspecified atom stereocenters. The van der Waals surface area contributed by atoms with Crippen molar-refractivity contribution < 1.29 is 30.6 Å². The SMILES string of the molecule is CCCCCCC[N+]1(CCCCCCC)CCCC1.O=S(=O)([O-])C(F)(F)F. The molecular weight excluding hydrogens is 379 g/mol. The fourth-order valence-electron chi connectivity index (χ4n) is 3.67. The molecule has 0 amide bonds. The van der Waals surface area contributed by atoms with E-state index in [1.807, 2.05) is 0 Å². The molecule has 0 radical (unpaired) electrons. The highest BCUT2D eigenvalue weighted by atomic mass is 32.2. The molecule has 0 aliphatic carbocycles. The summed E-state index contributed by atoms with van der Waals surface area (Å²) in [5.41, 5.74) is -5.65. The standard InChI is InChI=1S/C18H38N.CHF3O3S/c1-3-5-7-9-11-15-19(17-13-14-18-19)16-12-10-8-6-4-2;2-1(3,4)8(5,6)7/h3-18H2,1-2H3;(H,5,6,7)/q+1;/p-1. The third-order valence-electron chi connectivity index (χ3n) is 5.27. The third-order valence-corrected chi connectivity index (χ3v) is 5.84. The van der Waals surface area contributed by atoms with Crippen LogP contribution in [0.4, 0.5) is 13.2 Å². The van der Waals surface area contributed by atoms with Gasteiger partial charge in [-0.2, -0.15) is 13.2 Å². The third kappa shape index (κ3) is 12.7. The van der Waals surface area contributed by atoms with Crippen LogP contribution in [0.2, 0.25) is 0 Å². The largest absolute Gasteiger partial charge is 0.741 e. The first kappa shape index (κ1) is 26.7. The average molecular weight is 418 g/mol. The molecular formula is C19H38F3NO3S. The molecule has 0 aromatic carbocycles. The Kier molecular flexibility index (Phi) is 13.6. The van der Waals surface area contributed by atoms with E-state index in [1.165, 1.54) is 108 Å². The van der Waals surface area contributed by atoms with Crippen LogP contribution in [0.15, 0.2) is 0 Å². The first-order valence-electron chi connectivity index (χ1n) is 10.5. The van der Waals surface area contributed by atoms with E-state index in [9.17, 15) is 13.2 Å². The Balaban J connectivity index is 0.000000713. The summed E-state index contributed by atoms with van der Waals surface area (Å²) in [5, 5.41) is 0. The molecule has 4 nitrogen and oxygen atoms in total. The molecule has 0 spiro atoms. The molecule has 0 atom stereocenters. The second kappa shape index (κ2) is 13.8. The smallest absolute Gasteiger partial charge is 0.485 e. The molecule has 1 saturated heterocycles. The van der Waals surface area contributed by atoms with Crippen molar-refractivity contribution in [1.82, 2.24) is 0 Å². The van der Waals surface area contributed by atoms with E-state index < -0.39 is 15.6 Å². The van der Waals surface area contributed by atoms with Crippen molar-refractivity contribution >= 4 is 10.1 Å². The Morgan fingerprint density at radius 2 is 1.11 bits per heavy atom. The number of quaternary nitrogens is 1. The van der Waals surface area contributed by atoms with Gasteiger partial charge in [-0.25, -0.2) is 8.42 Å². The van der Waals surface area contributed by atoms with Gasteiger partial charge in [0.25, 0.3) is 0 Å². The summed E-state index contributed by atoms with van der Waals surface area (Å²) >= 11 is 0. The van der Waals surface area contributed by atoms with Gasteiger partial charge in [0.1, 0.15) is 0 Å². The zero-order valence-corrected chi connectivity index (χ0v) is 17.8. The average Bonchev–Trinajstić information content (AvgIpc) is 3.02. The van der Waals surface area contributed by atoms with E-state index in [1.54, 1.807) is 0 Å². The van der Waals surface area contributed by atoms with Gasteiger partial charge >= 0.3 is 5.51 Å². The van der Waals surface area contributed by atoms with E-state index >= 15 is 0 Å². The molecule has 0 aromatic rings. The number of nitrogens with zero attached hydrogens (tertiary/aromatic N) is 1. The van der Waals surface area contributed by atoms with Crippen molar-refractivity contribution in [3.8, 4) is 0 Å². The van der Waals surface area contributed by atoms with Crippen molar-refractivity contribution in [2.75, 3.05) is 26.2 Å². The van der Waals surface area contributed by atoms with E-state index in [2.05, 4.69) is 13.8 Å². The fourth-order valence-corrected chi connectivity index (χ4v) is 3.67. The Bertz CT molecular complexity index is 445. The molecule has 1 heterocycles. The maximum atomic E-state index is 10.7. The molecule has 1 aliphatic heterocycles. The van der Waals surface area contributed by atoms with Crippen LogP contribution in [-0.2, 0) is 10.1 Å². The summed E-state index contributed by atoms with van der Waals surface area (Å²) < 4.78 is 60.4. The van der Waals surface area contributed by atoms with Crippen LogP contribution in [0.5, 0.6) is 0 Å². The monoisotopic (exact) mass is 417 g/mol. The number of alkyl halides is 3. The molecule has 8 heteroatoms. The predicted octanol–water partition coefficient (Wildman–Crippen LogP) is 5.59. The van der Waals surface area contributed by atoms with Crippen molar-refractivity contribution in [1.29, 1.82) is 0 Å². The van der Waals surface area contributed by atoms with E-state index in [4.69, 9.17) is 13.0 Å². The van der Waals surface area contributed by atoms with E-state index in [-0.39, 0.29) is 0 Å². The van der Waals surface area contributed by atoms with Gasteiger partial charge in [-0.1, -0.05) is 52.4 Å². The zero-order chi connectivity index (χ0) is 20.8. The van der Waals surface area contributed by atoms with Gasteiger partial charge in [-0.3, -0.25) is 0 Å².